The first-order chi connectivity index (χ1) is 23.3. The van der Waals surface area contributed by atoms with Crippen LogP contribution in [0.25, 0.3) is 16.6 Å². The van der Waals surface area contributed by atoms with Crippen molar-refractivity contribution in [2.75, 3.05) is 37.0 Å². The molecular weight excluding hydrogens is 703 g/mol. The maximum absolute atomic E-state index is 13.9. The third-order valence-corrected chi connectivity index (χ3v) is 9.88. The number of rotatable bonds is 7. The number of esters is 1. The summed E-state index contributed by atoms with van der Waals surface area (Å²) in [5.74, 6) is -0.860. The van der Waals surface area contributed by atoms with Gasteiger partial charge in [0.25, 0.3) is 15.9 Å². The first kappa shape index (κ1) is 37.0. The van der Waals surface area contributed by atoms with Crippen molar-refractivity contribution in [1.29, 1.82) is 0 Å². The molecule has 4 aromatic rings. The van der Waals surface area contributed by atoms with Crippen molar-refractivity contribution < 1.29 is 32.3 Å². The molecule has 0 atom stereocenters. The number of fused-ring (bicyclic) bond motifs is 1. The molecule has 0 unspecified atom stereocenters. The summed E-state index contributed by atoms with van der Waals surface area (Å²) < 4.78 is 41.7. The lowest BCUT2D eigenvalue weighted by molar-refractivity contribution is -0.152. The molecule has 1 aromatic heterocycles. The van der Waals surface area contributed by atoms with Gasteiger partial charge in [0, 0.05) is 59.1 Å². The van der Waals surface area contributed by atoms with Crippen molar-refractivity contribution >= 4 is 67.8 Å². The van der Waals surface area contributed by atoms with E-state index in [2.05, 4.69) is 0 Å². The summed E-state index contributed by atoms with van der Waals surface area (Å²) in [6.45, 7) is 11.5. The molecule has 1 fully saturated rings. The fourth-order valence-corrected chi connectivity index (χ4v) is 7.61. The highest BCUT2D eigenvalue weighted by atomic mass is 35.5. The second-order valence-electron chi connectivity index (χ2n) is 13.9. The molecule has 5 rings (SSSR count). The van der Waals surface area contributed by atoms with Gasteiger partial charge in [-0.25, -0.2) is 13.2 Å². The van der Waals surface area contributed by atoms with E-state index in [1.165, 1.54) is 18.2 Å². The number of hydrogen-bond donors (Lipinski definition) is 0. The van der Waals surface area contributed by atoms with Crippen molar-refractivity contribution in [3.8, 4) is 5.69 Å². The molecule has 1 aliphatic rings. The second-order valence-corrected chi connectivity index (χ2v) is 16.7. The number of sulfonamides is 1. The van der Waals surface area contributed by atoms with Crippen LogP contribution in [0, 0.1) is 0 Å². The van der Waals surface area contributed by atoms with E-state index in [1.54, 1.807) is 60.9 Å². The molecule has 0 spiro atoms. The molecule has 1 aliphatic heterocycles. The molecule has 2 heterocycles. The Hall–Kier alpha value is -4.26. The Bertz CT molecular complexity index is 2010. The summed E-state index contributed by atoms with van der Waals surface area (Å²) in [5.41, 5.74) is 0.892. The monoisotopic (exact) mass is 742 g/mol. The van der Waals surface area contributed by atoms with Crippen LogP contribution < -0.4 is 4.31 Å². The van der Waals surface area contributed by atoms with Crippen molar-refractivity contribution in [2.24, 2.45) is 0 Å². The quantitative estimate of drug-likeness (QED) is 0.184. The van der Waals surface area contributed by atoms with Gasteiger partial charge in [-0.15, -0.1) is 0 Å². The standard InChI is InChI=1S/C36H40Cl2N4O7S/c1-35(2,3)48-32(43)23-42(50(46,47)30-21-26(37)20-27(38)22-30)29-11-12-31-25(19-29)13-14-41(31)28-9-7-24(8-10-28)33(44)39-15-17-40(18-16-39)34(45)49-36(4,5)6/h7-14,19-22H,15-18,23H2,1-6H3. The van der Waals surface area contributed by atoms with Gasteiger partial charge in [0.2, 0.25) is 0 Å². The van der Waals surface area contributed by atoms with Crippen LogP contribution in [-0.4, -0.2) is 84.7 Å². The van der Waals surface area contributed by atoms with Gasteiger partial charge in [0.1, 0.15) is 17.7 Å². The average molecular weight is 744 g/mol. The van der Waals surface area contributed by atoms with Crippen LogP contribution in [0.2, 0.25) is 10.0 Å². The van der Waals surface area contributed by atoms with E-state index in [0.29, 0.717) is 37.1 Å². The number of piperazine rings is 1. The van der Waals surface area contributed by atoms with Gasteiger partial charge in [-0.1, -0.05) is 23.2 Å². The lowest BCUT2D eigenvalue weighted by Crippen LogP contribution is -2.51. The minimum atomic E-state index is -4.31. The summed E-state index contributed by atoms with van der Waals surface area (Å²) in [4.78, 5) is 41.8. The molecule has 1 saturated heterocycles. The molecule has 0 bridgehead atoms. The normalized spacial score (nSPS) is 14.1. The Kier molecular flexibility index (Phi) is 10.5. The molecular formula is C36H40Cl2N4O7S. The number of benzene rings is 3. The molecule has 50 heavy (non-hydrogen) atoms. The third kappa shape index (κ3) is 8.72. The van der Waals surface area contributed by atoms with Crippen LogP contribution in [0.15, 0.2) is 77.8 Å². The Morgan fingerprint density at radius 3 is 1.92 bits per heavy atom. The van der Waals surface area contributed by atoms with E-state index < -0.39 is 33.7 Å². The zero-order chi connectivity index (χ0) is 36.6. The Labute approximate surface area is 302 Å². The number of aromatic nitrogens is 1. The molecule has 0 saturated carbocycles. The molecule has 0 N–H and O–H groups in total. The smallest absolute Gasteiger partial charge is 0.410 e. The number of nitrogens with zero attached hydrogens (tertiary/aromatic N) is 4. The first-order valence-corrected chi connectivity index (χ1v) is 18.2. The predicted molar refractivity (Wildman–Crippen MR) is 194 cm³/mol. The van der Waals surface area contributed by atoms with Crippen LogP contribution in [0.5, 0.6) is 0 Å². The lowest BCUT2D eigenvalue weighted by atomic mass is 10.1. The highest BCUT2D eigenvalue weighted by molar-refractivity contribution is 7.92. The van der Waals surface area contributed by atoms with Crippen LogP contribution in [0.3, 0.4) is 0 Å². The minimum absolute atomic E-state index is 0.130. The maximum Gasteiger partial charge on any atom is 0.410 e. The largest absolute Gasteiger partial charge is 0.459 e. The maximum atomic E-state index is 13.9. The Morgan fingerprint density at radius 2 is 1.34 bits per heavy atom. The predicted octanol–water partition coefficient (Wildman–Crippen LogP) is 7.17. The van der Waals surface area contributed by atoms with Crippen LogP contribution in [0.4, 0.5) is 10.5 Å². The van der Waals surface area contributed by atoms with Gasteiger partial charge < -0.3 is 23.8 Å². The van der Waals surface area contributed by atoms with E-state index in [9.17, 15) is 22.8 Å². The summed E-state index contributed by atoms with van der Waals surface area (Å²) in [7, 11) is -4.31. The molecule has 11 nitrogen and oxygen atoms in total. The van der Waals surface area contributed by atoms with Gasteiger partial charge in [-0.2, -0.15) is 0 Å². The molecule has 14 heteroatoms. The van der Waals surface area contributed by atoms with E-state index in [1.807, 2.05) is 49.7 Å². The first-order valence-electron chi connectivity index (χ1n) is 16.0. The number of amides is 2. The van der Waals surface area contributed by atoms with Gasteiger partial charge >= 0.3 is 12.1 Å². The molecule has 2 amide bonds. The summed E-state index contributed by atoms with van der Waals surface area (Å²) in [6.07, 6.45) is 1.45. The van der Waals surface area contributed by atoms with Crippen LogP contribution in [0.1, 0.15) is 51.9 Å². The van der Waals surface area contributed by atoms with Crippen molar-refractivity contribution in [3.05, 3.63) is 88.5 Å². The SMILES string of the molecule is CC(C)(C)OC(=O)CN(c1ccc2c(ccn2-c2ccc(C(=O)N3CCN(C(=O)OC(C)(C)C)CC3)cc2)c1)S(=O)(=O)c1cc(Cl)cc(Cl)c1. The zero-order valence-electron chi connectivity index (χ0n) is 28.8. The lowest BCUT2D eigenvalue weighted by Gasteiger charge is -2.35. The number of anilines is 1. The number of carbonyl (C=O) groups is 3. The number of hydrogen-bond acceptors (Lipinski definition) is 7. The highest BCUT2D eigenvalue weighted by Gasteiger charge is 2.31. The zero-order valence-corrected chi connectivity index (χ0v) is 31.1. The van der Waals surface area contributed by atoms with E-state index in [4.69, 9.17) is 32.7 Å². The molecule has 3 aromatic carbocycles. The van der Waals surface area contributed by atoms with E-state index >= 15 is 0 Å². The van der Waals surface area contributed by atoms with Gasteiger partial charge in [-0.3, -0.25) is 13.9 Å². The van der Waals surface area contributed by atoms with Crippen LogP contribution in [-0.2, 0) is 24.3 Å². The Morgan fingerprint density at radius 1 is 0.760 bits per heavy atom. The van der Waals surface area contributed by atoms with Gasteiger partial charge in [0.05, 0.1) is 16.1 Å². The van der Waals surface area contributed by atoms with Crippen molar-refractivity contribution in [2.45, 2.75) is 57.6 Å². The molecule has 266 valence electrons. The van der Waals surface area contributed by atoms with Crippen LogP contribution >= 0.6 is 23.2 Å². The third-order valence-electron chi connectivity index (χ3n) is 7.69. The number of ether oxygens (including phenoxy) is 2. The Balaban J connectivity index is 1.36. The van der Waals surface area contributed by atoms with E-state index in [-0.39, 0.29) is 32.6 Å². The summed E-state index contributed by atoms with van der Waals surface area (Å²) in [6, 6.07) is 18.0. The number of halogens is 2. The summed E-state index contributed by atoms with van der Waals surface area (Å²) >= 11 is 12.3. The molecule has 0 radical (unpaired) electrons. The highest BCUT2D eigenvalue weighted by Crippen LogP contribution is 2.32. The van der Waals surface area contributed by atoms with Gasteiger partial charge in [0.15, 0.2) is 0 Å². The van der Waals surface area contributed by atoms with Gasteiger partial charge in [-0.05, 0) is 108 Å². The van der Waals surface area contributed by atoms with Crippen molar-refractivity contribution in [1.82, 2.24) is 14.4 Å². The fourth-order valence-electron chi connectivity index (χ4n) is 5.49. The topological polar surface area (TPSA) is 118 Å². The fraction of sp³-hybridized carbons (Fsp3) is 0.361. The number of carbonyl (C=O) groups excluding carboxylic acids is 3. The van der Waals surface area contributed by atoms with Crippen molar-refractivity contribution in [3.63, 3.8) is 0 Å². The minimum Gasteiger partial charge on any atom is -0.459 e. The second kappa shape index (κ2) is 14.2. The molecule has 0 aliphatic carbocycles. The van der Waals surface area contributed by atoms with E-state index in [0.717, 1.165) is 15.5 Å². The summed E-state index contributed by atoms with van der Waals surface area (Å²) in [5, 5.41) is 0.975. The average Bonchev–Trinajstić information content (AvgIpc) is 3.44.